The average Bonchev–Trinajstić information content (AvgIpc) is 3.42. The minimum Gasteiger partial charge on any atom is -0.459 e. The van der Waals surface area contributed by atoms with Crippen molar-refractivity contribution in [2.75, 3.05) is 10.6 Å². The minimum absolute atomic E-state index is 0.119. The van der Waals surface area contributed by atoms with Crippen molar-refractivity contribution in [2.45, 2.75) is 19.9 Å². The molecule has 4 aromatic rings. The maximum atomic E-state index is 12.5. The molecule has 0 aliphatic carbocycles. The Balaban J connectivity index is 1.69. The van der Waals surface area contributed by atoms with E-state index in [-0.39, 0.29) is 17.7 Å². The van der Waals surface area contributed by atoms with Gasteiger partial charge in [0.1, 0.15) is 10.8 Å². The second-order valence-corrected chi connectivity index (χ2v) is 8.62. The van der Waals surface area contributed by atoms with Crippen LogP contribution in [0.15, 0.2) is 64.7 Å². The number of anilines is 2. The number of hydrogen-bond acceptors (Lipinski definition) is 6. The van der Waals surface area contributed by atoms with Crippen molar-refractivity contribution in [2.24, 2.45) is 0 Å². The first-order valence-electron chi connectivity index (χ1n) is 8.78. The van der Waals surface area contributed by atoms with E-state index in [1.54, 1.807) is 41.0 Å². The van der Waals surface area contributed by atoms with Crippen LogP contribution in [0, 0.1) is 13.8 Å². The highest BCUT2D eigenvalue weighted by Crippen LogP contribution is 2.39. The summed E-state index contributed by atoms with van der Waals surface area (Å²) in [6.45, 7) is 4.07. The second kappa shape index (κ2) is 8.00. The Kier molecular flexibility index (Phi) is 5.27. The van der Waals surface area contributed by atoms with E-state index in [0.29, 0.717) is 0 Å². The first-order chi connectivity index (χ1) is 13.6. The van der Waals surface area contributed by atoms with Crippen molar-refractivity contribution in [1.29, 1.82) is 0 Å². The molecule has 0 aromatic carbocycles. The van der Waals surface area contributed by atoms with Gasteiger partial charge in [0.25, 0.3) is 5.91 Å². The summed E-state index contributed by atoms with van der Waals surface area (Å²) in [6.07, 6.45) is 3.29. The van der Waals surface area contributed by atoms with E-state index >= 15 is 0 Å². The summed E-state index contributed by atoms with van der Waals surface area (Å²) in [6, 6.07) is 13.4. The molecule has 7 heteroatoms. The lowest BCUT2D eigenvalue weighted by molar-refractivity contribution is 0.0997. The number of pyridine rings is 1. The van der Waals surface area contributed by atoms with Crippen LogP contribution in [0.4, 0.5) is 10.8 Å². The van der Waals surface area contributed by atoms with Crippen molar-refractivity contribution in [3.63, 3.8) is 0 Å². The predicted molar refractivity (Wildman–Crippen MR) is 114 cm³/mol. The molecule has 4 heterocycles. The van der Waals surface area contributed by atoms with Crippen molar-refractivity contribution in [3.05, 3.63) is 86.9 Å². The number of thiophene rings is 2. The number of rotatable bonds is 6. The fraction of sp³-hybridized carbons (Fsp3) is 0.143. The van der Waals surface area contributed by atoms with Gasteiger partial charge < -0.3 is 15.1 Å². The summed E-state index contributed by atoms with van der Waals surface area (Å²) in [5, 5.41) is 9.39. The van der Waals surface area contributed by atoms with E-state index in [2.05, 4.69) is 27.8 Å². The molecule has 0 radical (unpaired) electrons. The lowest BCUT2D eigenvalue weighted by Gasteiger charge is -2.19. The molecule has 1 amide bonds. The molecule has 0 aliphatic heterocycles. The molecule has 0 saturated heterocycles. The van der Waals surface area contributed by atoms with Gasteiger partial charge in [0.2, 0.25) is 0 Å². The molecule has 4 rings (SSSR count). The van der Waals surface area contributed by atoms with Crippen LogP contribution in [0.25, 0.3) is 0 Å². The molecule has 4 aromatic heterocycles. The topological polar surface area (TPSA) is 67.2 Å². The van der Waals surface area contributed by atoms with Crippen molar-refractivity contribution in [3.8, 4) is 0 Å². The predicted octanol–water partition coefficient (Wildman–Crippen LogP) is 5.87. The molecule has 0 aliphatic rings. The van der Waals surface area contributed by atoms with Gasteiger partial charge in [0.15, 0.2) is 5.76 Å². The largest absolute Gasteiger partial charge is 0.459 e. The maximum Gasteiger partial charge on any atom is 0.291 e. The molecular weight excluding hydrogens is 390 g/mol. The lowest BCUT2D eigenvalue weighted by atomic mass is 10.1. The lowest BCUT2D eigenvalue weighted by Crippen LogP contribution is -2.16. The van der Waals surface area contributed by atoms with E-state index in [1.165, 1.54) is 6.26 Å². The van der Waals surface area contributed by atoms with Gasteiger partial charge in [0, 0.05) is 21.5 Å². The molecule has 0 fully saturated rings. The Morgan fingerprint density at radius 2 is 2.07 bits per heavy atom. The maximum absolute atomic E-state index is 12.5. The molecule has 28 heavy (non-hydrogen) atoms. The van der Waals surface area contributed by atoms with Gasteiger partial charge in [-0.05, 0) is 61.2 Å². The van der Waals surface area contributed by atoms with Crippen LogP contribution in [0.2, 0.25) is 0 Å². The summed E-state index contributed by atoms with van der Waals surface area (Å²) in [5.41, 5.74) is 2.14. The first kappa shape index (κ1) is 18.5. The molecule has 5 nitrogen and oxygen atoms in total. The second-order valence-electron chi connectivity index (χ2n) is 6.38. The summed E-state index contributed by atoms with van der Waals surface area (Å²) >= 11 is 3.22. The van der Waals surface area contributed by atoms with E-state index in [1.807, 2.05) is 37.4 Å². The highest BCUT2D eigenvalue weighted by Gasteiger charge is 2.23. The zero-order valence-electron chi connectivity index (χ0n) is 15.4. The molecule has 0 bridgehead atoms. The third kappa shape index (κ3) is 4.00. The standard InChI is InChI=1S/C21H19N3O2S2/c1-13-7-8-22-18(11-13)23-19(17-6-4-10-27-17)15-12-14(2)28-21(15)24-20(25)16-5-3-9-26-16/h3-12,19H,1-2H3,(H,22,23)(H,24,25). The van der Waals surface area contributed by atoms with E-state index < -0.39 is 0 Å². The Bertz CT molecular complexity index is 1070. The van der Waals surface area contributed by atoms with Crippen LogP contribution in [-0.2, 0) is 0 Å². The number of nitrogens with one attached hydrogen (secondary N) is 2. The zero-order valence-corrected chi connectivity index (χ0v) is 17.1. The van der Waals surface area contributed by atoms with Crippen molar-refractivity contribution >= 4 is 39.4 Å². The quantitative estimate of drug-likeness (QED) is 0.418. The zero-order chi connectivity index (χ0) is 19.5. The third-order valence-corrected chi connectivity index (χ3v) is 6.12. The third-order valence-electron chi connectivity index (χ3n) is 4.20. The van der Waals surface area contributed by atoms with Gasteiger partial charge in [-0.2, -0.15) is 0 Å². The van der Waals surface area contributed by atoms with Gasteiger partial charge in [-0.25, -0.2) is 4.98 Å². The Morgan fingerprint density at radius 3 is 2.79 bits per heavy atom. The van der Waals surface area contributed by atoms with Gasteiger partial charge in [0.05, 0.1) is 12.3 Å². The first-order valence-corrected chi connectivity index (χ1v) is 10.5. The fourth-order valence-electron chi connectivity index (χ4n) is 2.94. The average molecular weight is 410 g/mol. The highest BCUT2D eigenvalue weighted by atomic mass is 32.1. The smallest absolute Gasteiger partial charge is 0.291 e. The number of aryl methyl sites for hydroxylation is 2. The summed E-state index contributed by atoms with van der Waals surface area (Å²) in [4.78, 5) is 19.2. The Morgan fingerprint density at radius 1 is 1.18 bits per heavy atom. The summed E-state index contributed by atoms with van der Waals surface area (Å²) < 4.78 is 5.22. The molecule has 142 valence electrons. The van der Waals surface area contributed by atoms with Crippen LogP contribution in [0.3, 0.4) is 0 Å². The Labute approximate surface area is 171 Å². The number of amides is 1. The van der Waals surface area contributed by atoms with Crippen molar-refractivity contribution in [1.82, 2.24) is 4.98 Å². The van der Waals surface area contributed by atoms with Crippen LogP contribution in [0.1, 0.15) is 37.5 Å². The highest BCUT2D eigenvalue weighted by molar-refractivity contribution is 7.16. The van der Waals surface area contributed by atoms with E-state index in [4.69, 9.17) is 4.42 Å². The van der Waals surface area contributed by atoms with Crippen LogP contribution in [-0.4, -0.2) is 10.9 Å². The molecule has 0 spiro atoms. The summed E-state index contributed by atoms with van der Waals surface area (Å²) in [7, 11) is 0. The number of furan rings is 1. The SMILES string of the molecule is Cc1ccnc(NC(c2cccs2)c2cc(C)sc2NC(=O)c2ccco2)c1. The fourth-order valence-corrected chi connectivity index (χ4v) is 4.68. The van der Waals surface area contributed by atoms with Crippen molar-refractivity contribution < 1.29 is 9.21 Å². The molecule has 1 atom stereocenters. The van der Waals surface area contributed by atoms with Gasteiger partial charge in [-0.3, -0.25) is 4.79 Å². The van der Waals surface area contributed by atoms with Gasteiger partial charge >= 0.3 is 0 Å². The molecule has 0 saturated carbocycles. The molecule has 2 N–H and O–H groups in total. The number of carbonyl (C=O) groups is 1. The van der Waals surface area contributed by atoms with Gasteiger partial charge in [-0.15, -0.1) is 22.7 Å². The summed E-state index contributed by atoms with van der Waals surface area (Å²) in [5.74, 6) is 0.829. The number of hydrogen-bond donors (Lipinski definition) is 2. The van der Waals surface area contributed by atoms with Gasteiger partial charge in [-0.1, -0.05) is 6.07 Å². The van der Waals surface area contributed by atoms with Crippen LogP contribution in [0.5, 0.6) is 0 Å². The monoisotopic (exact) mass is 409 g/mol. The minimum atomic E-state index is -0.258. The number of aromatic nitrogens is 1. The normalized spacial score (nSPS) is 11.9. The van der Waals surface area contributed by atoms with E-state index in [0.717, 1.165) is 31.7 Å². The molecule has 1 unspecified atom stereocenters. The number of carbonyl (C=O) groups excluding carboxylic acids is 1. The molecular formula is C21H19N3O2S2. The van der Waals surface area contributed by atoms with Crippen LogP contribution < -0.4 is 10.6 Å². The van der Waals surface area contributed by atoms with E-state index in [9.17, 15) is 4.79 Å². The Hall–Kier alpha value is -2.90. The van der Waals surface area contributed by atoms with Crippen LogP contribution >= 0.6 is 22.7 Å². The number of nitrogens with zero attached hydrogens (tertiary/aromatic N) is 1.